The van der Waals surface area contributed by atoms with Crippen molar-refractivity contribution in [1.29, 1.82) is 0 Å². The van der Waals surface area contributed by atoms with Crippen LogP contribution in [0.25, 0.3) is 0 Å². The van der Waals surface area contributed by atoms with Crippen LogP contribution in [0.5, 0.6) is 0 Å². The van der Waals surface area contributed by atoms with E-state index in [1.165, 1.54) is 12.1 Å². The molecular formula is C11H13ClF2. The number of halogens is 3. The Morgan fingerprint density at radius 3 is 2.21 bits per heavy atom. The maximum absolute atomic E-state index is 12.5. The molecule has 1 aromatic carbocycles. The molecule has 0 spiro atoms. The van der Waals surface area contributed by atoms with Gasteiger partial charge in [0, 0.05) is 10.6 Å². The summed E-state index contributed by atoms with van der Waals surface area (Å²) in [7, 11) is 0. The third-order valence-corrected chi connectivity index (χ3v) is 2.44. The fourth-order valence-electron chi connectivity index (χ4n) is 1.18. The van der Waals surface area contributed by atoms with E-state index in [2.05, 4.69) is 0 Å². The van der Waals surface area contributed by atoms with Gasteiger partial charge < -0.3 is 0 Å². The summed E-state index contributed by atoms with van der Waals surface area (Å²) >= 11 is 5.66. The summed E-state index contributed by atoms with van der Waals surface area (Å²) in [5.74, 6) is 0. The highest BCUT2D eigenvalue weighted by Crippen LogP contribution is 2.31. The van der Waals surface area contributed by atoms with Gasteiger partial charge in [0.15, 0.2) is 0 Å². The molecule has 14 heavy (non-hydrogen) atoms. The molecule has 0 amide bonds. The van der Waals surface area contributed by atoms with Crippen LogP contribution in [-0.2, 0) is 5.41 Å². The molecule has 0 radical (unpaired) electrons. The van der Waals surface area contributed by atoms with Crippen molar-refractivity contribution in [1.82, 2.24) is 0 Å². The average Bonchev–Trinajstić information content (AvgIpc) is 2.02. The molecule has 0 heterocycles. The zero-order valence-electron chi connectivity index (χ0n) is 8.44. The fourth-order valence-corrected chi connectivity index (χ4v) is 1.38. The predicted molar refractivity (Wildman–Crippen MR) is 55.1 cm³/mol. The van der Waals surface area contributed by atoms with Crippen molar-refractivity contribution in [3.63, 3.8) is 0 Å². The van der Waals surface area contributed by atoms with Crippen molar-refractivity contribution < 1.29 is 8.78 Å². The van der Waals surface area contributed by atoms with Gasteiger partial charge in [-0.3, -0.25) is 0 Å². The number of benzene rings is 1. The molecule has 1 aromatic rings. The Hall–Kier alpha value is -0.630. The van der Waals surface area contributed by atoms with Crippen LogP contribution < -0.4 is 0 Å². The molecule has 0 nitrogen and oxygen atoms in total. The summed E-state index contributed by atoms with van der Waals surface area (Å²) in [6.45, 7) is 5.93. The Balaban J connectivity index is 3.20. The first-order chi connectivity index (χ1) is 6.32. The molecule has 0 aliphatic carbocycles. The van der Waals surface area contributed by atoms with Crippen molar-refractivity contribution in [3.05, 3.63) is 34.3 Å². The van der Waals surface area contributed by atoms with Crippen LogP contribution in [0.4, 0.5) is 8.78 Å². The molecule has 1 rings (SSSR count). The first-order valence-electron chi connectivity index (χ1n) is 4.40. The standard InChI is InChI=1S/C11H13ClF2/c1-11(2,3)7-4-5-9(12)8(6-7)10(13)14/h4-6,10H,1-3H3. The second kappa shape index (κ2) is 3.85. The van der Waals surface area contributed by atoms with Gasteiger partial charge in [0.2, 0.25) is 0 Å². The van der Waals surface area contributed by atoms with Crippen LogP contribution in [0.2, 0.25) is 5.02 Å². The lowest BCUT2D eigenvalue weighted by Gasteiger charge is -2.20. The molecule has 0 bridgehead atoms. The summed E-state index contributed by atoms with van der Waals surface area (Å²) in [6, 6.07) is 4.80. The Kier molecular flexibility index (Phi) is 3.15. The topological polar surface area (TPSA) is 0 Å². The summed E-state index contributed by atoms with van der Waals surface area (Å²) in [5, 5.41) is 0.132. The van der Waals surface area contributed by atoms with Gasteiger partial charge in [0.25, 0.3) is 6.43 Å². The first kappa shape index (κ1) is 11.4. The van der Waals surface area contributed by atoms with Crippen LogP contribution in [0, 0.1) is 0 Å². The molecule has 0 aromatic heterocycles. The Morgan fingerprint density at radius 1 is 1.21 bits per heavy atom. The number of rotatable bonds is 1. The van der Waals surface area contributed by atoms with Gasteiger partial charge in [-0.15, -0.1) is 0 Å². The van der Waals surface area contributed by atoms with E-state index in [1.54, 1.807) is 6.07 Å². The van der Waals surface area contributed by atoms with Crippen LogP contribution in [-0.4, -0.2) is 0 Å². The van der Waals surface area contributed by atoms with Crippen LogP contribution in [0.15, 0.2) is 18.2 Å². The van der Waals surface area contributed by atoms with Gasteiger partial charge >= 0.3 is 0 Å². The smallest absolute Gasteiger partial charge is 0.205 e. The van der Waals surface area contributed by atoms with Crippen molar-refractivity contribution in [2.24, 2.45) is 0 Å². The van der Waals surface area contributed by atoms with E-state index in [-0.39, 0.29) is 16.0 Å². The Labute approximate surface area is 87.9 Å². The van der Waals surface area contributed by atoms with Crippen LogP contribution >= 0.6 is 11.6 Å². The van der Waals surface area contributed by atoms with Crippen molar-refractivity contribution >= 4 is 11.6 Å². The minimum atomic E-state index is -2.51. The third-order valence-electron chi connectivity index (χ3n) is 2.10. The maximum atomic E-state index is 12.5. The van der Waals surface area contributed by atoms with Gasteiger partial charge in [0.05, 0.1) is 0 Å². The van der Waals surface area contributed by atoms with Crippen LogP contribution in [0.3, 0.4) is 0 Å². The molecule has 0 fully saturated rings. The van der Waals surface area contributed by atoms with E-state index in [9.17, 15) is 8.78 Å². The van der Waals surface area contributed by atoms with Crippen molar-refractivity contribution in [3.8, 4) is 0 Å². The maximum Gasteiger partial charge on any atom is 0.265 e. The van der Waals surface area contributed by atoms with E-state index in [0.29, 0.717) is 0 Å². The molecule has 0 aliphatic rings. The van der Waals surface area contributed by atoms with Gasteiger partial charge in [0.1, 0.15) is 0 Å². The summed E-state index contributed by atoms with van der Waals surface area (Å²) in [4.78, 5) is 0. The molecule has 0 atom stereocenters. The molecule has 0 unspecified atom stereocenters. The quantitative estimate of drug-likeness (QED) is 0.648. The lowest BCUT2D eigenvalue weighted by Crippen LogP contribution is -2.11. The monoisotopic (exact) mass is 218 g/mol. The number of hydrogen-bond donors (Lipinski definition) is 0. The highest BCUT2D eigenvalue weighted by atomic mass is 35.5. The summed E-state index contributed by atoms with van der Waals surface area (Å²) in [5.41, 5.74) is 0.658. The zero-order valence-corrected chi connectivity index (χ0v) is 9.20. The van der Waals surface area contributed by atoms with Gasteiger partial charge in [-0.05, 0) is 23.1 Å². The largest absolute Gasteiger partial charge is 0.265 e. The summed E-state index contributed by atoms with van der Waals surface area (Å²) < 4.78 is 25.0. The molecule has 0 aliphatic heterocycles. The van der Waals surface area contributed by atoms with E-state index in [4.69, 9.17) is 11.6 Å². The molecule has 0 saturated heterocycles. The van der Waals surface area contributed by atoms with Gasteiger partial charge in [-0.25, -0.2) is 8.78 Å². The van der Waals surface area contributed by atoms with Crippen LogP contribution in [0.1, 0.15) is 38.3 Å². The lowest BCUT2D eigenvalue weighted by atomic mass is 9.86. The molecule has 0 saturated carbocycles. The number of alkyl halides is 2. The van der Waals surface area contributed by atoms with Gasteiger partial charge in [-0.2, -0.15) is 0 Å². The van der Waals surface area contributed by atoms with Crippen molar-refractivity contribution in [2.75, 3.05) is 0 Å². The minimum absolute atomic E-state index is 0.0842. The SMILES string of the molecule is CC(C)(C)c1ccc(Cl)c(C(F)F)c1. The normalized spacial score (nSPS) is 12.2. The molecule has 0 N–H and O–H groups in total. The van der Waals surface area contributed by atoms with E-state index < -0.39 is 6.43 Å². The average molecular weight is 219 g/mol. The Morgan fingerprint density at radius 2 is 1.79 bits per heavy atom. The van der Waals surface area contributed by atoms with Gasteiger partial charge in [-0.1, -0.05) is 38.4 Å². The third kappa shape index (κ3) is 2.44. The highest BCUT2D eigenvalue weighted by Gasteiger charge is 2.18. The predicted octanol–water partition coefficient (Wildman–Crippen LogP) is 4.58. The second-order valence-electron chi connectivity index (χ2n) is 4.29. The minimum Gasteiger partial charge on any atom is -0.205 e. The van der Waals surface area contributed by atoms with E-state index in [0.717, 1.165) is 5.56 Å². The zero-order chi connectivity index (χ0) is 10.9. The van der Waals surface area contributed by atoms with E-state index in [1.807, 2.05) is 20.8 Å². The molecular weight excluding hydrogens is 206 g/mol. The molecule has 3 heteroatoms. The fraction of sp³-hybridized carbons (Fsp3) is 0.455. The first-order valence-corrected chi connectivity index (χ1v) is 4.78. The van der Waals surface area contributed by atoms with Crippen molar-refractivity contribution in [2.45, 2.75) is 32.6 Å². The highest BCUT2D eigenvalue weighted by molar-refractivity contribution is 6.31. The number of hydrogen-bond acceptors (Lipinski definition) is 0. The second-order valence-corrected chi connectivity index (χ2v) is 4.69. The Bertz CT molecular complexity index is 327. The molecule has 78 valence electrons. The summed E-state index contributed by atoms with van der Waals surface area (Å²) in [6.07, 6.45) is -2.51. The van der Waals surface area contributed by atoms with E-state index >= 15 is 0 Å². The lowest BCUT2D eigenvalue weighted by molar-refractivity contribution is 0.151.